The molecule has 2 aromatic carbocycles. The molecular weight excluding hydrogens is 355 g/mol. The van der Waals surface area contributed by atoms with E-state index in [1.165, 1.54) is 12.1 Å². The number of hydrogen-bond acceptors (Lipinski definition) is 4. The van der Waals surface area contributed by atoms with Crippen molar-refractivity contribution in [2.45, 2.75) is 18.2 Å². The largest absolute Gasteiger partial charge is 0.282 e. The van der Waals surface area contributed by atoms with Gasteiger partial charge in [-0.25, -0.2) is 21.2 Å². The number of sulfonamides is 2. The van der Waals surface area contributed by atoms with E-state index >= 15 is 0 Å². The van der Waals surface area contributed by atoms with Gasteiger partial charge in [-0.15, -0.1) is 0 Å². The normalized spacial score (nSPS) is 12.0. The second-order valence-electron chi connectivity index (χ2n) is 5.17. The third-order valence-corrected chi connectivity index (χ3v) is 5.14. The first-order chi connectivity index (χ1) is 11.1. The van der Waals surface area contributed by atoms with Crippen LogP contribution in [-0.2, 0) is 26.5 Å². The Kier molecular flexibility index (Phi) is 5.14. The molecule has 0 saturated heterocycles. The number of aryl methyl sites for hydroxylation is 1. The molecule has 0 spiro atoms. The summed E-state index contributed by atoms with van der Waals surface area (Å²) >= 11 is 0. The molecule has 0 radical (unpaired) electrons. The maximum Gasteiger partial charge on any atom is 0.261 e. The van der Waals surface area contributed by atoms with E-state index in [0.29, 0.717) is 0 Å². The van der Waals surface area contributed by atoms with Gasteiger partial charge in [0.2, 0.25) is 10.0 Å². The first kappa shape index (κ1) is 18.2. The zero-order valence-corrected chi connectivity index (χ0v) is 14.7. The summed E-state index contributed by atoms with van der Waals surface area (Å²) in [5.74, 6) is -0.701. The van der Waals surface area contributed by atoms with Crippen LogP contribution in [0.3, 0.4) is 0 Å². The van der Waals surface area contributed by atoms with Crippen molar-refractivity contribution in [2.75, 3.05) is 15.7 Å². The number of anilines is 2. The molecule has 0 aliphatic rings. The predicted molar refractivity (Wildman–Crippen MR) is 91.5 cm³/mol. The Hall–Kier alpha value is -2.13. The van der Waals surface area contributed by atoms with E-state index in [2.05, 4.69) is 9.44 Å². The topological polar surface area (TPSA) is 92.3 Å². The highest BCUT2D eigenvalue weighted by Crippen LogP contribution is 2.26. The summed E-state index contributed by atoms with van der Waals surface area (Å²) in [6.45, 7) is 1.94. The van der Waals surface area contributed by atoms with Gasteiger partial charge in [-0.1, -0.05) is 19.1 Å². The smallest absolute Gasteiger partial charge is 0.261 e. The first-order valence-electron chi connectivity index (χ1n) is 7.00. The fraction of sp³-hybridized carbons (Fsp3) is 0.200. The van der Waals surface area contributed by atoms with Crippen molar-refractivity contribution in [1.82, 2.24) is 0 Å². The molecule has 0 bridgehead atoms. The molecule has 130 valence electrons. The van der Waals surface area contributed by atoms with Crippen LogP contribution >= 0.6 is 0 Å². The van der Waals surface area contributed by atoms with E-state index in [1.54, 1.807) is 12.1 Å². The van der Waals surface area contributed by atoms with Gasteiger partial charge in [0.25, 0.3) is 10.0 Å². The van der Waals surface area contributed by atoms with Crippen LogP contribution in [0.25, 0.3) is 0 Å². The summed E-state index contributed by atoms with van der Waals surface area (Å²) in [6.07, 6.45) is 1.68. The lowest BCUT2D eigenvalue weighted by Crippen LogP contribution is -2.16. The SMILES string of the molecule is CCc1ccc(S(=O)(=O)Nc2cc(F)ccc2NS(C)(=O)=O)cc1. The Labute approximate surface area is 140 Å². The van der Waals surface area contributed by atoms with Crippen LogP contribution in [0.5, 0.6) is 0 Å². The van der Waals surface area contributed by atoms with Gasteiger partial charge in [-0.05, 0) is 36.2 Å². The van der Waals surface area contributed by atoms with Gasteiger partial charge in [0, 0.05) is 6.07 Å². The molecule has 2 aromatic rings. The molecule has 0 fully saturated rings. The van der Waals surface area contributed by atoms with E-state index in [0.717, 1.165) is 36.4 Å². The average Bonchev–Trinajstić information content (AvgIpc) is 2.48. The highest BCUT2D eigenvalue weighted by Gasteiger charge is 2.18. The maximum atomic E-state index is 13.4. The van der Waals surface area contributed by atoms with Crippen LogP contribution in [0.4, 0.5) is 15.8 Å². The van der Waals surface area contributed by atoms with Crippen molar-refractivity contribution in [3.8, 4) is 0 Å². The lowest BCUT2D eigenvalue weighted by Gasteiger charge is -2.13. The summed E-state index contributed by atoms with van der Waals surface area (Å²) in [5.41, 5.74) is 0.715. The van der Waals surface area contributed by atoms with Crippen molar-refractivity contribution in [3.63, 3.8) is 0 Å². The van der Waals surface area contributed by atoms with Crippen LogP contribution in [0.2, 0.25) is 0 Å². The molecule has 0 amide bonds. The summed E-state index contributed by atoms with van der Waals surface area (Å²) in [4.78, 5) is -0.00531. The van der Waals surface area contributed by atoms with Gasteiger partial charge in [0.15, 0.2) is 0 Å². The fourth-order valence-electron chi connectivity index (χ4n) is 2.00. The minimum atomic E-state index is -3.98. The second kappa shape index (κ2) is 6.78. The van der Waals surface area contributed by atoms with E-state index in [1.807, 2.05) is 6.92 Å². The monoisotopic (exact) mass is 372 g/mol. The molecule has 9 heteroatoms. The quantitative estimate of drug-likeness (QED) is 0.815. The molecule has 2 rings (SSSR count). The third kappa shape index (κ3) is 4.68. The Morgan fingerprint density at radius 1 is 0.917 bits per heavy atom. The minimum Gasteiger partial charge on any atom is -0.282 e. The molecule has 0 aromatic heterocycles. The molecule has 0 aliphatic heterocycles. The molecule has 6 nitrogen and oxygen atoms in total. The number of nitrogens with one attached hydrogen (secondary N) is 2. The maximum absolute atomic E-state index is 13.4. The number of halogens is 1. The lowest BCUT2D eigenvalue weighted by atomic mass is 10.2. The van der Waals surface area contributed by atoms with Crippen LogP contribution in [-0.4, -0.2) is 23.1 Å². The van der Waals surface area contributed by atoms with E-state index in [-0.39, 0.29) is 16.3 Å². The number of hydrogen-bond donors (Lipinski definition) is 2. The van der Waals surface area contributed by atoms with Crippen LogP contribution in [0.1, 0.15) is 12.5 Å². The zero-order valence-electron chi connectivity index (χ0n) is 13.1. The van der Waals surface area contributed by atoms with Crippen molar-refractivity contribution < 1.29 is 21.2 Å². The van der Waals surface area contributed by atoms with Crippen molar-refractivity contribution >= 4 is 31.4 Å². The molecule has 2 N–H and O–H groups in total. The summed E-state index contributed by atoms with van der Waals surface area (Å²) < 4.78 is 65.4. The van der Waals surface area contributed by atoms with Gasteiger partial charge < -0.3 is 0 Å². The summed E-state index contributed by atoms with van der Waals surface area (Å²) in [7, 11) is -7.63. The standard InChI is InChI=1S/C15H17FN2O4S2/c1-3-11-4-7-13(8-5-11)24(21,22)18-15-10-12(16)6-9-14(15)17-23(2,19)20/h4-10,17-18H,3H2,1-2H3. The molecule has 0 heterocycles. The average molecular weight is 372 g/mol. The lowest BCUT2D eigenvalue weighted by molar-refractivity contribution is 0.600. The van der Waals surface area contributed by atoms with Crippen molar-refractivity contribution in [3.05, 3.63) is 53.8 Å². The highest BCUT2D eigenvalue weighted by molar-refractivity contribution is 7.93. The molecule has 24 heavy (non-hydrogen) atoms. The van der Waals surface area contributed by atoms with Gasteiger partial charge in [-0.2, -0.15) is 0 Å². The van der Waals surface area contributed by atoms with E-state index in [9.17, 15) is 21.2 Å². The fourth-order valence-corrected chi connectivity index (χ4v) is 3.65. The predicted octanol–water partition coefficient (Wildman–Crippen LogP) is 2.56. The van der Waals surface area contributed by atoms with Gasteiger partial charge >= 0.3 is 0 Å². The molecule has 0 aliphatic carbocycles. The Bertz CT molecular complexity index is 940. The molecule has 0 saturated carbocycles. The molecular formula is C15H17FN2O4S2. The van der Waals surface area contributed by atoms with Gasteiger partial charge in [0.1, 0.15) is 5.82 Å². The van der Waals surface area contributed by atoms with Gasteiger partial charge in [-0.3, -0.25) is 9.44 Å². The number of rotatable bonds is 6. The first-order valence-corrected chi connectivity index (χ1v) is 10.4. The van der Waals surface area contributed by atoms with E-state index < -0.39 is 25.9 Å². The van der Waals surface area contributed by atoms with Crippen LogP contribution in [0.15, 0.2) is 47.4 Å². The summed E-state index contributed by atoms with van der Waals surface area (Å²) in [6, 6.07) is 9.31. The molecule has 0 atom stereocenters. The van der Waals surface area contributed by atoms with E-state index in [4.69, 9.17) is 0 Å². The Morgan fingerprint density at radius 3 is 2.08 bits per heavy atom. The Balaban J connectivity index is 2.39. The van der Waals surface area contributed by atoms with Crippen molar-refractivity contribution in [1.29, 1.82) is 0 Å². The molecule has 0 unspecified atom stereocenters. The zero-order chi connectivity index (χ0) is 18.0. The van der Waals surface area contributed by atoms with Crippen LogP contribution in [0, 0.1) is 5.82 Å². The Morgan fingerprint density at radius 2 is 1.54 bits per heavy atom. The van der Waals surface area contributed by atoms with Crippen molar-refractivity contribution in [2.24, 2.45) is 0 Å². The minimum absolute atomic E-state index is 0.00531. The third-order valence-electron chi connectivity index (χ3n) is 3.16. The highest BCUT2D eigenvalue weighted by atomic mass is 32.2. The second-order valence-corrected chi connectivity index (χ2v) is 8.60. The van der Waals surface area contributed by atoms with Gasteiger partial charge in [0.05, 0.1) is 22.5 Å². The van der Waals surface area contributed by atoms with Crippen LogP contribution < -0.4 is 9.44 Å². The number of benzene rings is 2. The summed E-state index contributed by atoms with van der Waals surface area (Å²) in [5, 5.41) is 0.